The molecule has 182 valence electrons. The van der Waals surface area contributed by atoms with Gasteiger partial charge in [-0.25, -0.2) is 0 Å². The molecular weight excluding hydrogens is 424 g/mol. The number of carbonyl (C=O) groups excluding carboxylic acids is 6. The van der Waals surface area contributed by atoms with Gasteiger partial charge in [-0.05, 0) is 33.6 Å². The van der Waals surface area contributed by atoms with Gasteiger partial charge in [-0.2, -0.15) is 0 Å². The van der Waals surface area contributed by atoms with Crippen LogP contribution in [0, 0.1) is 10.8 Å². The summed E-state index contributed by atoms with van der Waals surface area (Å²) in [6, 6.07) is 0. The molecule has 0 aliphatic rings. The van der Waals surface area contributed by atoms with Gasteiger partial charge in [-0.1, -0.05) is 28.2 Å². The number of Topliss-reactive ketones (excluding diaryl/α,β-unsaturated/α-hetero) is 6. The first kappa shape index (κ1) is 33.6. The fourth-order valence-corrected chi connectivity index (χ4v) is 3.31. The molecule has 0 fully saturated rings. The van der Waals surface area contributed by atoms with Crippen molar-refractivity contribution >= 4 is 46.6 Å². The zero-order valence-corrected chi connectivity index (χ0v) is 17.4. The Bertz CT molecular complexity index is 740. The van der Waals surface area contributed by atoms with Crippen LogP contribution in [0.2, 0.25) is 0 Å². The highest BCUT2D eigenvalue weighted by Gasteiger charge is 2.57. The number of hydrogen-bond donors (Lipinski definition) is 2. The molecule has 0 spiro atoms. The normalized spacial score (nSPS) is 12.2. The quantitative estimate of drug-likeness (QED) is 0.346. The van der Waals surface area contributed by atoms with Crippen LogP contribution in [0.25, 0.3) is 0 Å². The molecule has 0 amide bonds. The maximum atomic E-state index is 12.6. The van der Waals surface area contributed by atoms with Gasteiger partial charge in [0.2, 0.25) is 10.8 Å². The minimum atomic E-state index is -2.91. The lowest BCUT2D eigenvalue weighted by Gasteiger charge is -2.24. The van der Waals surface area contributed by atoms with Crippen LogP contribution in [0.1, 0.15) is 81.1 Å². The van der Waals surface area contributed by atoms with E-state index in [2.05, 4.69) is 0 Å². The number of hydrogen-bond acceptors (Lipinski definition) is 8. The third kappa shape index (κ3) is 6.02. The molecule has 0 aromatic heterocycles. The van der Waals surface area contributed by atoms with E-state index in [1.807, 2.05) is 0 Å². The van der Waals surface area contributed by atoms with Crippen LogP contribution in [0.5, 0.6) is 0 Å². The molecular formula is C22H34O10. The van der Waals surface area contributed by atoms with Crippen LogP contribution in [-0.4, -0.2) is 56.9 Å². The van der Waals surface area contributed by atoms with Crippen LogP contribution in [0.4, 0.5) is 0 Å². The number of rotatable bonds is 15. The van der Waals surface area contributed by atoms with Crippen LogP contribution in [0.15, 0.2) is 0 Å². The molecule has 32 heavy (non-hydrogen) atoms. The second-order valence-corrected chi connectivity index (χ2v) is 7.01. The van der Waals surface area contributed by atoms with Gasteiger partial charge >= 0.3 is 11.9 Å². The predicted molar refractivity (Wildman–Crippen MR) is 114 cm³/mol. The Morgan fingerprint density at radius 2 is 0.844 bits per heavy atom. The maximum Gasteiger partial charge on any atom is 0.332 e. The summed E-state index contributed by atoms with van der Waals surface area (Å²) in [6.07, 6.45) is -1.38. The Hall–Kier alpha value is -3.04. The summed E-state index contributed by atoms with van der Waals surface area (Å²) < 4.78 is 0. The molecule has 10 nitrogen and oxygen atoms in total. The SMILES string of the molecule is C.C.CCCCC(=O)C(C(C)=O)(C(=O)O)C(=O)CCCC(=O)C(C(C)=O)(C(C)=O)C(=O)O. The van der Waals surface area contributed by atoms with E-state index >= 15 is 0 Å². The Labute approximate surface area is 187 Å². The van der Waals surface area contributed by atoms with E-state index in [0.717, 1.165) is 20.8 Å². The Balaban J connectivity index is -0.00000420. The smallest absolute Gasteiger partial charge is 0.332 e. The number of ketones is 6. The first-order chi connectivity index (χ1) is 13.7. The molecule has 0 saturated heterocycles. The summed E-state index contributed by atoms with van der Waals surface area (Å²) in [5, 5.41) is 18.8. The first-order valence-corrected chi connectivity index (χ1v) is 9.35. The summed E-state index contributed by atoms with van der Waals surface area (Å²) in [5.41, 5.74) is -5.81. The maximum absolute atomic E-state index is 12.6. The lowest BCUT2D eigenvalue weighted by atomic mass is 9.72. The largest absolute Gasteiger partial charge is 0.480 e. The molecule has 0 bridgehead atoms. The molecule has 0 rings (SSSR count). The molecule has 10 heteroatoms. The Kier molecular flexibility index (Phi) is 14.1. The van der Waals surface area contributed by atoms with Crippen LogP contribution >= 0.6 is 0 Å². The van der Waals surface area contributed by atoms with Crippen LogP contribution in [-0.2, 0) is 38.4 Å². The zero-order valence-electron chi connectivity index (χ0n) is 17.4. The second kappa shape index (κ2) is 13.4. The molecule has 0 aromatic carbocycles. The predicted octanol–water partition coefficient (Wildman–Crippen LogP) is 2.24. The highest BCUT2D eigenvalue weighted by Crippen LogP contribution is 2.29. The molecule has 2 N–H and O–H groups in total. The van der Waals surface area contributed by atoms with Gasteiger partial charge in [0.25, 0.3) is 0 Å². The number of unbranched alkanes of at least 4 members (excludes halogenated alkanes) is 1. The average molecular weight is 459 g/mol. The molecule has 0 heterocycles. The van der Waals surface area contributed by atoms with Crippen molar-refractivity contribution in [3.63, 3.8) is 0 Å². The summed E-state index contributed by atoms with van der Waals surface area (Å²) in [6.45, 7) is 4.09. The standard InChI is InChI=1S/C20H26O10.2CH4/c1-5-6-8-15(25)20(13(4)23,18(29)30)16(26)10-7-9-14(24)19(11(2)21,12(3)22)17(27)28;;/h5-10H2,1-4H3,(H,27,28)(H,29,30);2*1H4. The Morgan fingerprint density at radius 1 is 0.562 bits per heavy atom. The lowest BCUT2D eigenvalue weighted by molar-refractivity contribution is -0.165. The van der Waals surface area contributed by atoms with E-state index in [1.165, 1.54) is 0 Å². The lowest BCUT2D eigenvalue weighted by Crippen LogP contribution is -2.52. The molecule has 1 atom stereocenters. The van der Waals surface area contributed by atoms with E-state index in [9.17, 15) is 48.6 Å². The van der Waals surface area contributed by atoms with E-state index < -0.39 is 76.7 Å². The molecule has 0 radical (unpaired) electrons. The minimum Gasteiger partial charge on any atom is -0.480 e. The number of carboxylic acid groups (broad SMARTS) is 2. The fourth-order valence-electron chi connectivity index (χ4n) is 3.31. The van der Waals surface area contributed by atoms with Crippen LogP contribution < -0.4 is 0 Å². The van der Waals surface area contributed by atoms with E-state index in [-0.39, 0.29) is 27.7 Å². The minimum absolute atomic E-state index is 0. The molecule has 1 unspecified atom stereocenters. The average Bonchev–Trinajstić information content (AvgIpc) is 2.59. The number of carbonyl (C=O) groups is 8. The van der Waals surface area contributed by atoms with Crippen molar-refractivity contribution in [3.8, 4) is 0 Å². The number of aliphatic carboxylic acids is 2. The van der Waals surface area contributed by atoms with Crippen molar-refractivity contribution < 1.29 is 48.6 Å². The van der Waals surface area contributed by atoms with Gasteiger partial charge in [0.1, 0.15) is 0 Å². The third-order valence-corrected chi connectivity index (χ3v) is 5.05. The highest BCUT2D eigenvalue weighted by molar-refractivity contribution is 6.37. The van der Waals surface area contributed by atoms with E-state index in [4.69, 9.17) is 0 Å². The van der Waals surface area contributed by atoms with Crippen molar-refractivity contribution in [2.24, 2.45) is 10.8 Å². The first-order valence-electron chi connectivity index (χ1n) is 9.35. The van der Waals surface area contributed by atoms with Gasteiger partial charge in [-0.15, -0.1) is 0 Å². The molecule has 0 aliphatic carbocycles. The summed E-state index contributed by atoms with van der Waals surface area (Å²) in [5.74, 6) is -11.0. The van der Waals surface area contributed by atoms with Gasteiger partial charge in [0, 0.05) is 19.3 Å². The fraction of sp³-hybridized carbons (Fsp3) is 0.636. The summed E-state index contributed by atoms with van der Waals surface area (Å²) in [4.78, 5) is 96.1. The highest BCUT2D eigenvalue weighted by atomic mass is 16.4. The van der Waals surface area contributed by atoms with Crippen molar-refractivity contribution in [1.29, 1.82) is 0 Å². The van der Waals surface area contributed by atoms with Crippen molar-refractivity contribution in [2.45, 2.75) is 81.1 Å². The number of carboxylic acids is 2. The van der Waals surface area contributed by atoms with Crippen LogP contribution in [0.3, 0.4) is 0 Å². The monoisotopic (exact) mass is 458 g/mol. The molecule has 0 saturated carbocycles. The van der Waals surface area contributed by atoms with Gasteiger partial charge in [-0.3, -0.25) is 38.4 Å². The van der Waals surface area contributed by atoms with Gasteiger partial charge in [0.05, 0.1) is 0 Å². The van der Waals surface area contributed by atoms with E-state index in [1.54, 1.807) is 6.92 Å². The third-order valence-electron chi connectivity index (χ3n) is 5.05. The van der Waals surface area contributed by atoms with E-state index in [0.29, 0.717) is 6.42 Å². The topological polar surface area (TPSA) is 177 Å². The molecule has 0 aromatic rings. The van der Waals surface area contributed by atoms with Gasteiger partial charge < -0.3 is 10.2 Å². The van der Waals surface area contributed by atoms with Gasteiger partial charge in [0.15, 0.2) is 34.7 Å². The second-order valence-electron chi connectivity index (χ2n) is 7.01. The molecule has 0 aliphatic heterocycles. The van der Waals surface area contributed by atoms with Crippen molar-refractivity contribution in [3.05, 3.63) is 0 Å². The summed E-state index contributed by atoms with van der Waals surface area (Å²) in [7, 11) is 0. The van der Waals surface area contributed by atoms with Crippen molar-refractivity contribution in [1.82, 2.24) is 0 Å². The zero-order chi connectivity index (χ0) is 23.9. The summed E-state index contributed by atoms with van der Waals surface area (Å²) >= 11 is 0. The Morgan fingerprint density at radius 3 is 1.09 bits per heavy atom. The van der Waals surface area contributed by atoms with Crippen molar-refractivity contribution in [2.75, 3.05) is 0 Å².